The van der Waals surface area contributed by atoms with Crippen molar-refractivity contribution in [2.45, 2.75) is 58.3 Å². The van der Waals surface area contributed by atoms with E-state index in [-0.39, 0.29) is 6.04 Å². The van der Waals surface area contributed by atoms with Crippen molar-refractivity contribution in [3.63, 3.8) is 0 Å². The fourth-order valence-electron chi connectivity index (χ4n) is 3.03. The van der Waals surface area contributed by atoms with Gasteiger partial charge in [0.2, 0.25) is 0 Å². The van der Waals surface area contributed by atoms with E-state index in [2.05, 4.69) is 48.3 Å². The minimum atomic E-state index is -0.857. The predicted molar refractivity (Wildman–Crippen MR) is 84.1 cm³/mol. The maximum atomic E-state index is 11.6. The highest BCUT2D eigenvalue weighted by Gasteiger charge is 2.36. The summed E-state index contributed by atoms with van der Waals surface area (Å²) in [7, 11) is 0. The van der Waals surface area contributed by atoms with Crippen LogP contribution in [0.3, 0.4) is 0 Å². The van der Waals surface area contributed by atoms with Crippen molar-refractivity contribution in [3.8, 4) is 0 Å². The summed E-state index contributed by atoms with van der Waals surface area (Å²) < 4.78 is 0. The van der Waals surface area contributed by atoms with Crippen LogP contribution in [0.25, 0.3) is 0 Å². The van der Waals surface area contributed by atoms with E-state index in [9.17, 15) is 9.90 Å². The summed E-state index contributed by atoms with van der Waals surface area (Å²) in [6.45, 7) is 8.54. The number of carbonyl (C=O) groups is 1. The summed E-state index contributed by atoms with van der Waals surface area (Å²) in [6, 6.07) is 8.68. The van der Waals surface area contributed by atoms with Crippen LogP contribution in [-0.2, 0) is 17.9 Å². The summed E-state index contributed by atoms with van der Waals surface area (Å²) in [5.41, 5.74) is 1.87. The van der Waals surface area contributed by atoms with Gasteiger partial charge in [-0.2, -0.15) is 0 Å². The lowest BCUT2D eigenvalue weighted by Gasteiger charge is -2.33. The fourth-order valence-corrected chi connectivity index (χ4v) is 3.03. The van der Waals surface area contributed by atoms with Crippen LogP contribution < -0.4 is 5.32 Å². The second-order valence-corrected chi connectivity index (χ2v) is 6.29. The number of nitrogens with one attached hydrogen (secondary N) is 1. The van der Waals surface area contributed by atoms with E-state index < -0.39 is 11.5 Å². The van der Waals surface area contributed by atoms with E-state index in [1.54, 1.807) is 6.92 Å². The largest absolute Gasteiger partial charge is 0.480 e. The summed E-state index contributed by atoms with van der Waals surface area (Å²) in [5.74, 6) is -0.764. The van der Waals surface area contributed by atoms with Gasteiger partial charge < -0.3 is 10.4 Å². The Bertz CT molecular complexity index is 478. The topological polar surface area (TPSA) is 52.6 Å². The van der Waals surface area contributed by atoms with Crippen molar-refractivity contribution in [1.29, 1.82) is 0 Å². The zero-order chi connectivity index (χ0) is 15.5. The molecule has 0 bridgehead atoms. The molecule has 1 aromatic rings. The summed E-state index contributed by atoms with van der Waals surface area (Å²) in [6.07, 6.45) is 1.54. The van der Waals surface area contributed by atoms with Gasteiger partial charge in [0.25, 0.3) is 0 Å². The van der Waals surface area contributed by atoms with Crippen LogP contribution in [0.15, 0.2) is 24.3 Å². The molecule has 1 aliphatic rings. The van der Waals surface area contributed by atoms with Crippen LogP contribution in [0.4, 0.5) is 0 Å². The molecule has 1 aliphatic heterocycles. The van der Waals surface area contributed by atoms with Gasteiger partial charge in [-0.15, -0.1) is 0 Å². The first kappa shape index (κ1) is 16.0. The molecule has 4 heteroatoms. The molecule has 0 aliphatic carbocycles. The Morgan fingerprint density at radius 2 is 1.95 bits per heavy atom. The van der Waals surface area contributed by atoms with Gasteiger partial charge in [0, 0.05) is 19.1 Å². The molecule has 0 aromatic heterocycles. The predicted octanol–water partition coefficient (Wildman–Crippen LogP) is 2.62. The third-order valence-corrected chi connectivity index (χ3v) is 4.43. The highest BCUT2D eigenvalue weighted by Crippen LogP contribution is 2.27. The molecule has 2 N–H and O–H groups in total. The molecule has 0 saturated heterocycles. The summed E-state index contributed by atoms with van der Waals surface area (Å²) in [4.78, 5) is 14.0. The fraction of sp³-hybridized carbons (Fsp3) is 0.588. The zero-order valence-electron chi connectivity index (χ0n) is 13.2. The molecule has 1 heterocycles. The lowest BCUT2D eigenvalue weighted by molar-refractivity contribution is -0.145. The molecule has 0 fully saturated rings. The van der Waals surface area contributed by atoms with E-state index in [1.807, 2.05) is 0 Å². The Morgan fingerprint density at radius 1 is 1.38 bits per heavy atom. The third kappa shape index (κ3) is 3.63. The Hall–Kier alpha value is -1.39. The molecule has 2 atom stereocenters. The van der Waals surface area contributed by atoms with Crippen molar-refractivity contribution in [3.05, 3.63) is 35.4 Å². The van der Waals surface area contributed by atoms with Crippen LogP contribution >= 0.6 is 0 Å². The standard InChI is InChI=1S/C17H26N2O2/c1-4-9-18-17(3,16(20)21)10-13(2)19-11-14-7-5-6-8-15(14)12-19/h5-8,13,18H,4,9-12H2,1-3H3,(H,20,21). The van der Waals surface area contributed by atoms with Crippen molar-refractivity contribution in [2.75, 3.05) is 6.54 Å². The number of hydrogen-bond acceptors (Lipinski definition) is 3. The third-order valence-electron chi connectivity index (χ3n) is 4.43. The van der Waals surface area contributed by atoms with Crippen LogP contribution in [0.5, 0.6) is 0 Å². The van der Waals surface area contributed by atoms with Gasteiger partial charge in [0.1, 0.15) is 5.54 Å². The SMILES string of the molecule is CCCNC(C)(CC(C)N1Cc2ccccc2C1)C(=O)O. The highest BCUT2D eigenvalue weighted by molar-refractivity contribution is 5.78. The lowest BCUT2D eigenvalue weighted by atomic mass is 9.92. The van der Waals surface area contributed by atoms with Gasteiger partial charge in [-0.05, 0) is 44.4 Å². The van der Waals surface area contributed by atoms with Gasteiger partial charge in [-0.1, -0.05) is 31.2 Å². The minimum Gasteiger partial charge on any atom is -0.480 e. The molecule has 0 spiro atoms. The molecule has 0 radical (unpaired) electrons. The zero-order valence-corrected chi connectivity index (χ0v) is 13.2. The van der Waals surface area contributed by atoms with Crippen LogP contribution in [0.2, 0.25) is 0 Å². The first-order valence-corrected chi connectivity index (χ1v) is 7.75. The molecule has 4 nitrogen and oxygen atoms in total. The van der Waals surface area contributed by atoms with Crippen molar-refractivity contribution in [1.82, 2.24) is 10.2 Å². The summed E-state index contributed by atoms with van der Waals surface area (Å²) >= 11 is 0. The maximum absolute atomic E-state index is 11.6. The number of benzene rings is 1. The van der Waals surface area contributed by atoms with E-state index >= 15 is 0 Å². The van der Waals surface area contributed by atoms with Crippen LogP contribution in [0.1, 0.15) is 44.7 Å². The molecule has 116 valence electrons. The van der Waals surface area contributed by atoms with Crippen molar-refractivity contribution < 1.29 is 9.90 Å². The number of rotatable bonds is 7. The number of nitrogens with zero attached hydrogens (tertiary/aromatic N) is 1. The number of fused-ring (bicyclic) bond motifs is 1. The Balaban J connectivity index is 2.01. The molecule has 0 amide bonds. The quantitative estimate of drug-likeness (QED) is 0.810. The van der Waals surface area contributed by atoms with E-state index in [0.717, 1.165) is 26.1 Å². The molecule has 2 rings (SSSR count). The number of aliphatic carboxylic acids is 1. The average Bonchev–Trinajstić information content (AvgIpc) is 2.89. The lowest BCUT2D eigenvalue weighted by Crippen LogP contribution is -2.53. The average molecular weight is 290 g/mol. The van der Waals surface area contributed by atoms with Gasteiger partial charge >= 0.3 is 5.97 Å². The number of hydrogen-bond donors (Lipinski definition) is 2. The van der Waals surface area contributed by atoms with Crippen LogP contribution in [-0.4, -0.2) is 34.1 Å². The van der Waals surface area contributed by atoms with Crippen molar-refractivity contribution >= 4 is 5.97 Å². The highest BCUT2D eigenvalue weighted by atomic mass is 16.4. The Morgan fingerprint density at radius 3 is 2.43 bits per heavy atom. The van der Waals surface area contributed by atoms with Gasteiger partial charge in [-0.3, -0.25) is 9.69 Å². The molecule has 1 aromatic carbocycles. The molecule has 2 unspecified atom stereocenters. The van der Waals surface area contributed by atoms with Gasteiger partial charge in [0.15, 0.2) is 0 Å². The summed E-state index contributed by atoms with van der Waals surface area (Å²) in [5, 5.41) is 12.7. The molecule has 21 heavy (non-hydrogen) atoms. The van der Waals surface area contributed by atoms with Crippen LogP contribution in [0, 0.1) is 0 Å². The molecule has 0 saturated carbocycles. The first-order valence-electron chi connectivity index (χ1n) is 7.75. The van der Waals surface area contributed by atoms with Gasteiger partial charge in [-0.25, -0.2) is 0 Å². The Kier molecular flexibility index (Phi) is 5.01. The first-order chi connectivity index (χ1) is 9.96. The van der Waals surface area contributed by atoms with E-state index in [1.165, 1.54) is 11.1 Å². The molecular weight excluding hydrogens is 264 g/mol. The van der Waals surface area contributed by atoms with E-state index in [4.69, 9.17) is 0 Å². The van der Waals surface area contributed by atoms with E-state index in [0.29, 0.717) is 6.42 Å². The normalized spacial score (nSPS) is 19.0. The number of carboxylic acids is 1. The number of carboxylic acid groups (broad SMARTS) is 1. The van der Waals surface area contributed by atoms with Crippen molar-refractivity contribution in [2.24, 2.45) is 0 Å². The molecular formula is C17H26N2O2. The van der Waals surface area contributed by atoms with Gasteiger partial charge in [0.05, 0.1) is 0 Å². The minimum absolute atomic E-state index is 0.225. The second-order valence-electron chi connectivity index (χ2n) is 6.29. The smallest absolute Gasteiger partial charge is 0.323 e. The Labute approximate surface area is 127 Å². The maximum Gasteiger partial charge on any atom is 0.323 e. The second kappa shape index (κ2) is 6.58. The monoisotopic (exact) mass is 290 g/mol.